The van der Waals surface area contributed by atoms with E-state index in [0.29, 0.717) is 5.02 Å². The van der Waals surface area contributed by atoms with E-state index in [-0.39, 0.29) is 27.9 Å². The third kappa shape index (κ3) is 3.82. The van der Waals surface area contributed by atoms with Gasteiger partial charge in [-0.05, 0) is 30.7 Å². The predicted octanol–water partition coefficient (Wildman–Crippen LogP) is 4.89. The maximum absolute atomic E-state index is 12.0. The summed E-state index contributed by atoms with van der Waals surface area (Å²) in [6.07, 6.45) is 0. The van der Waals surface area contributed by atoms with Gasteiger partial charge in [-0.15, -0.1) is 0 Å². The Kier molecular flexibility index (Phi) is 4.99. The smallest absolute Gasteiger partial charge is 0.338 e. The molecular weight excluding hydrogens is 333 g/mol. The molecule has 0 atom stereocenters. The van der Waals surface area contributed by atoms with Crippen molar-refractivity contribution in [2.45, 2.75) is 13.5 Å². The summed E-state index contributed by atoms with van der Waals surface area (Å²) in [5.41, 5.74) is 7.89. The van der Waals surface area contributed by atoms with Crippen molar-refractivity contribution in [1.29, 1.82) is 0 Å². The molecule has 2 rings (SSSR count). The van der Waals surface area contributed by atoms with Crippen molar-refractivity contribution in [2.24, 2.45) is 0 Å². The number of halogens is 3. The molecule has 2 aromatic rings. The highest BCUT2D eigenvalue weighted by Crippen LogP contribution is 2.29. The first-order valence-corrected chi connectivity index (χ1v) is 7.18. The van der Waals surface area contributed by atoms with Gasteiger partial charge in [-0.2, -0.15) is 0 Å². The first kappa shape index (κ1) is 16.0. The second kappa shape index (κ2) is 6.56. The zero-order valence-electron chi connectivity index (χ0n) is 11.1. The van der Waals surface area contributed by atoms with Gasteiger partial charge in [0.25, 0.3) is 0 Å². The fraction of sp³-hybridized carbons (Fsp3) is 0.133. The second-order valence-corrected chi connectivity index (χ2v) is 5.72. The van der Waals surface area contributed by atoms with Crippen LogP contribution < -0.4 is 5.73 Å². The van der Waals surface area contributed by atoms with Crippen LogP contribution in [-0.2, 0) is 11.3 Å². The summed E-state index contributed by atoms with van der Waals surface area (Å²) >= 11 is 17.8. The molecule has 2 N–H and O–H groups in total. The van der Waals surface area contributed by atoms with Gasteiger partial charge >= 0.3 is 5.97 Å². The summed E-state index contributed by atoms with van der Waals surface area (Å²) in [5, 5.41) is 0.975. The molecule has 0 aliphatic heterocycles. The van der Waals surface area contributed by atoms with Gasteiger partial charge in [0.2, 0.25) is 0 Å². The number of aryl methyl sites for hydroxylation is 1. The average Bonchev–Trinajstić information content (AvgIpc) is 2.43. The van der Waals surface area contributed by atoms with E-state index in [1.165, 1.54) is 12.1 Å². The Hall–Kier alpha value is -1.42. The summed E-state index contributed by atoms with van der Waals surface area (Å²) < 4.78 is 5.20. The topological polar surface area (TPSA) is 52.3 Å². The monoisotopic (exact) mass is 343 g/mol. The van der Waals surface area contributed by atoms with Gasteiger partial charge in [-0.25, -0.2) is 4.79 Å². The number of esters is 1. The number of hydrogen-bond acceptors (Lipinski definition) is 3. The van der Waals surface area contributed by atoms with Crippen molar-refractivity contribution in [1.82, 2.24) is 0 Å². The largest absolute Gasteiger partial charge is 0.457 e. The minimum absolute atomic E-state index is 0.0676. The first-order chi connectivity index (χ1) is 9.88. The van der Waals surface area contributed by atoms with E-state index >= 15 is 0 Å². The fourth-order valence-electron chi connectivity index (χ4n) is 1.72. The molecule has 0 heterocycles. The van der Waals surface area contributed by atoms with Crippen LogP contribution in [0.1, 0.15) is 21.5 Å². The minimum Gasteiger partial charge on any atom is -0.457 e. The normalized spacial score (nSPS) is 10.5. The minimum atomic E-state index is -0.545. The maximum Gasteiger partial charge on any atom is 0.338 e. The maximum atomic E-state index is 12.0. The molecule has 6 heteroatoms. The standard InChI is InChI=1S/C15H12Cl3NO2/c1-8-2-3-9(11(16)4-8)7-21-15(20)10-5-12(17)14(18)13(19)6-10/h2-6H,7,19H2,1H3. The molecule has 110 valence electrons. The number of benzene rings is 2. The third-order valence-electron chi connectivity index (χ3n) is 2.86. The summed E-state index contributed by atoms with van der Waals surface area (Å²) in [6.45, 7) is 2.00. The van der Waals surface area contributed by atoms with Crippen molar-refractivity contribution in [2.75, 3.05) is 5.73 Å². The summed E-state index contributed by atoms with van der Waals surface area (Å²) in [4.78, 5) is 12.0. The number of hydrogen-bond donors (Lipinski definition) is 1. The number of carbonyl (C=O) groups excluding carboxylic acids is 1. The van der Waals surface area contributed by atoms with Crippen LogP contribution >= 0.6 is 34.8 Å². The molecule has 0 amide bonds. The number of ether oxygens (including phenoxy) is 1. The predicted molar refractivity (Wildman–Crippen MR) is 86.2 cm³/mol. The van der Waals surface area contributed by atoms with Gasteiger partial charge in [0.05, 0.1) is 21.3 Å². The highest BCUT2D eigenvalue weighted by Gasteiger charge is 2.13. The van der Waals surface area contributed by atoms with E-state index in [1.54, 1.807) is 0 Å². The van der Waals surface area contributed by atoms with Crippen LogP contribution in [0, 0.1) is 6.92 Å². The lowest BCUT2D eigenvalue weighted by Gasteiger charge is -2.09. The summed E-state index contributed by atoms with van der Waals surface area (Å²) in [7, 11) is 0. The molecule has 0 aliphatic rings. The van der Waals surface area contributed by atoms with Gasteiger partial charge in [-0.1, -0.05) is 46.9 Å². The molecule has 0 radical (unpaired) electrons. The molecule has 0 saturated heterocycles. The van der Waals surface area contributed by atoms with Gasteiger partial charge in [0.1, 0.15) is 6.61 Å². The average molecular weight is 345 g/mol. The summed E-state index contributed by atoms with van der Waals surface area (Å²) in [5.74, 6) is -0.545. The van der Waals surface area contributed by atoms with E-state index in [0.717, 1.165) is 11.1 Å². The second-order valence-electron chi connectivity index (χ2n) is 4.53. The lowest BCUT2D eigenvalue weighted by Crippen LogP contribution is -2.06. The van der Waals surface area contributed by atoms with Crippen LogP contribution in [0.3, 0.4) is 0 Å². The number of anilines is 1. The fourth-order valence-corrected chi connectivity index (χ4v) is 2.35. The van der Waals surface area contributed by atoms with Crippen molar-refractivity contribution >= 4 is 46.5 Å². The van der Waals surface area contributed by atoms with E-state index < -0.39 is 5.97 Å². The van der Waals surface area contributed by atoms with E-state index in [9.17, 15) is 4.79 Å². The van der Waals surface area contributed by atoms with Crippen LogP contribution in [-0.4, -0.2) is 5.97 Å². The van der Waals surface area contributed by atoms with Crippen molar-refractivity contribution in [3.63, 3.8) is 0 Å². The molecule has 0 aliphatic carbocycles. The van der Waals surface area contributed by atoms with Crippen molar-refractivity contribution in [3.8, 4) is 0 Å². The molecule has 3 nitrogen and oxygen atoms in total. The van der Waals surface area contributed by atoms with Gasteiger partial charge in [0.15, 0.2) is 0 Å². The first-order valence-electron chi connectivity index (χ1n) is 6.05. The molecule has 0 spiro atoms. The molecule has 0 bridgehead atoms. The highest BCUT2D eigenvalue weighted by atomic mass is 35.5. The Bertz CT molecular complexity index is 678. The third-order valence-corrected chi connectivity index (χ3v) is 4.03. The van der Waals surface area contributed by atoms with Crippen LogP contribution in [0.2, 0.25) is 15.1 Å². The Morgan fingerprint density at radius 1 is 1.14 bits per heavy atom. The Morgan fingerprint density at radius 3 is 2.48 bits per heavy atom. The lowest BCUT2D eigenvalue weighted by molar-refractivity contribution is 0.0473. The van der Waals surface area contributed by atoms with Crippen LogP contribution in [0.4, 0.5) is 5.69 Å². The number of nitrogen functional groups attached to an aromatic ring is 1. The van der Waals surface area contributed by atoms with Crippen molar-refractivity contribution < 1.29 is 9.53 Å². The SMILES string of the molecule is Cc1ccc(COC(=O)c2cc(N)c(Cl)c(Cl)c2)c(Cl)c1. The van der Waals surface area contributed by atoms with E-state index in [2.05, 4.69) is 0 Å². The Balaban J connectivity index is 2.12. The number of nitrogens with two attached hydrogens (primary N) is 1. The van der Waals surface area contributed by atoms with Gasteiger partial charge < -0.3 is 10.5 Å². The van der Waals surface area contributed by atoms with Crippen molar-refractivity contribution in [3.05, 3.63) is 62.1 Å². The molecular formula is C15H12Cl3NO2. The Morgan fingerprint density at radius 2 is 1.86 bits per heavy atom. The molecule has 21 heavy (non-hydrogen) atoms. The van der Waals surface area contributed by atoms with E-state index in [1.807, 2.05) is 25.1 Å². The highest BCUT2D eigenvalue weighted by molar-refractivity contribution is 6.43. The molecule has 0 aromatic heterocycles. The molecule has 0 unspecified atom stereocenters. The summed E-state index contributed by atoms with van der Waals surface area (Å²) in [6, 6.07) is 8.36. The molecule has 0 fully saturated rings. The van der Waals surface area contributed by atoms with Crippen LogP contribution in [0.15, 0.2) is 30.3 Å². The number of carbonyl (C=O) groups is 1. The van der Waals surface area contributed by atoms with Gasteiger partial charge in [0, 0.05) is 10.6 Å². The van der Waals surface area contributed by atoms with Gasteiger partial charge in [-0.3, -0.25) is 0 Å². The quantitative estimate of drug-likeness (QED) is 0.637. The Labute approximate surface area is 137 Å². The zero-order valence-corrected chi connectivity index (χ0v) is 13.4. The molecule has 2 aromatic carbocycles. The zero-order chi connectivity index (χ0) is 15.6. The lowest BCUT2D eigenvalue weighted by atomic mass is 10.1. The van der Waals surface area contributed by atoms with Crippen LogP contribution in [0.25, 0.3) is 0 Å². The molecule has 0 saturated carbocycles. The number of rotatable bonds is 3. The van der Waals surface area contributed by atoms with E-state index in [4.69, 9.17) is 45.3 Å². The van der Waals surface area contributed by atoms with Crippen LogP contribution in [0.5, 0.6) is 0 Å².